The quantitative estimate of drug-likeness (QED) is 0.786. The van der Waals surface area contributed by atoms with Gasteiger partial charge in [-0.3, -0.25) is 4.90 Å². The van der Waals surface area contributed by atoms with Crippen molar-refractivity contribution in [2.75, 3.05) is 20.2 Å². The maximum Gasteiger partial charge on any atom is 0.488 e. The normalized spacial score (nSPS) is 22.1. The SMILES string of the molecule is COc1ccc(B(O)O)c(CN2CC(C)OC(C)(C)C2)c1. The molecule has 21 heavy (non-hydrogen) atoms. The first-order valence-corrected chi connectivity index (χ1v) is 7.24. The van der Waals surface area contributed by atoms with E-state index < -0.39 is 7.12 Å². The third-order valence-corrected chi connectivity index (χ3v) is 3.66. The molecule has 1 aliphatic heterocycles. The molecule has 2 N–H and O–H groups in total. The highest BCUT2D eigenvalue weighted by atomic mass is 16.5. The van der Waals surface area contributed by atoms with E-state index in [0.29, 0.717) is 12.0 Å². The lowest BCUT2D eigenvalue weighted by Gasteiger charge is -2.42. The van der Waals surface area contributed by atoms with Gasteiger partial charge in [0, 0.05) is 19.6 Å². The number of methoxy groups -OCH3 is 1. The molecule has 0 bridgehead atoms. The van der Waals surface area contributed by atoms with Gasteiger partial charge in [0.2, 0.25) is 0 Å². The molecule has 1 saturated heterocycles. The highest BCUT2D eigenvalue weighted by Gasteiger charge is 2.31. The van der Waals surface area contributed by atoms with Crippen molar-refractivity contribution < 1.29 is 19.5 Å². The van der Waals surface area contributed by atoms with Crippen LogP contribution >= 0.6 is 0 Å². The van der Waals surface area contributed by atoms with Gasteiger partial charge < -0.3 is 19.5 Å². The molecular formula is C15H24BNO4. The average Bonchev–Trinajstić information content (AvgIpc) is 2.35. The third kappa shape index (κ3) is 4.20. The van der Waals surface area contributed by atoms with Crippen LogP contribution in [0, 0.1) is 0 Å². The second kappa shape index (κ2) is 6.36. The molecule has 1 heterocycles. The summed E-state index contributed by atoms with van der Waals surface area (Å²) in [5.74, 6) is 0.718. The summed E-state index contributed by atoms with van der Waals surface area (Å²) in [4.78, 5) is 2.27. The number of morpholine rings is 1. The number of rotatable bonds is 4. The summed E-state index contributed by atoms with van der Waals surface area (Å²) in [5, 5.41) is 19.0. The smallest absolute Gasteiger partial charge is 0.488 e. The predicted octanol–water partition coefficient (Wildman–Crippen LogP) is 0.374. The number of ether oxygens (including phenoxy) is 2. The van der Waals surface area contributed by atoms with Gasteiger partial charge in [-0.1, -0.05) is 6.07 Å². The molecular weight excluding hydrogens is 269 g/mol. The molecule has 2 rings (SSSR count). The van der Waals surface area contributed by atoms with Crippen molar-refractivity contribution in [2.24, 2.45) is 0 Å². The van der Waals surface area contributed by atoms with E-state index >= 15 is 0 Å². The summed E-state index contributed by atoms with van der Waals surface area (Å²) in [6, 6.07) is 5.31. The standard InChI is InChI=1S/C15H24BNO4/c1-11-8-17(10-15(2,3)21-11)9-12-7-13(20-4)5-6-14(12)16(18)19/h5-7,11,18-19H,8-10H2,1-4H3. The van der Waals surface area contributed by atoms with Crippen LogP contribution < -0.4 is 10.2 Å². The van der Waals surface area contributed by atoms with Gasteiger partial charge in [0.15, 0.2) is 0 Å². The first kappa shape index (κ1) is 16.3. The van der Waals surface area contributed by atoms with Crippen LogP contribution in [-0.4, -0.2) is 54.0 Å². The maximum atomic E-state index is 9.52. The summed E-state index contributed by atoms with van der Waals surface area (Å²) in [7, 11) is 0.131. The largest absolute Gasteiger partial charge is 0.497 e. The van der Waals surface area contributed by atoms with Crippen molar-refractivity contribution in [1.82, 2.24) is 4.90 Å². The summed E-state index contributed by atoms with van der Waals surface area (Å²) < 4.78 is 11.1. The molecule has 0 radical (unpaired) electrons. The van der Waals surface area contributed by atoms with Crippen LogP contribution in [-0.2, 0) is 11.3 Å². The van der Waals surface area contributed by atoms with Crippen molar-refractivity contribution in [3.63, 3.8) is 0 Å². The molecule has 0 amide bonds. The lowest BCUT2D eigenvalue weighted by atomic mass is 9.76. The van der Waals surface area contributed by atoms with Crippen LogP contribution in [0.25, 0.3) is 0 Å². The van der Waals surface area contributed by atoms with E-state index in [1.165, 1.54) is 0 Å². The molecule has 1 unspecified atom stereocenters. The summed E-state index contributed by atoms with van der Waals surface area (Å²) in [5.41, 5.74) is 1.19. The van der Waals surface area contributed by atoms with E-state index in [1.807, 2.05) is 6.07 Å². The molecule has 1 fully saturated rings. The van der Waals surface area contributed by atoms with E-state index in [0.717, 1.165) is 24.4 Å². The minimum absolute atomic E-state index is 0.154. The van der Waals surface area contributed by atoms with Crippen LogP contribution in [0.2, 0.25) is 0 Å². The van der Waals surface area contributed by atoms with Gasteiger partial charge in [0.25, 0.3) is 0 Å². The van der Waals surface area contributed by atoms with Gasteiger partial charge in [-0.2, -0.15) is 0 Å². The molecule has 1 aromatic carbocycles. The van der Waals surface area contributed by atoms with Gasteiger partial charge in [0.1, 0.15) is 5.75 Å². The minimum Gasteiger partial charge on any atom is -0.497 e. The Kier molecular flexibility index (Phi) is 4.93. The van der Waals surface area contributed by atoms with Crippen molar-refractivity contribution >= 4 is 12.6 Å². The highest BCUT2D eigenvalue weighted by molar-refractivity contribution is 6.59. The highest BCUT2D eigenvalue weighted by Crippen LogP contribution is 2.23. The van der Waals surface area contributed by atoms with Gasteiger partial charge in [0.05, 0.1) is 18.8 Å². The number of hydrogen-bond donors (Lipinski definition) is 2. The second-order valence-electron chi connectivity index (χ2n) is 6.30. The van der Waals surface area contributed by atoms with E-state index in [-0.39, 0.29) is 11.7 Å². The first-order valence-electron chi connectivity index (χ1n) is 7.24. The molecule has 0 aliphatic carbocycles. The lowest BCUT2D eigenvalue weighted by Crippen LogP contribution is -2.52. The Labute approximate surface area is 126 Å². The zero-order chi connectivity index (χ0) is 15.6. The Morgan fingerprint density at radius 1 is 1.43 bits per heavy atom. The fourth-order valence-electron chi connectivity index (χ4n) is 3.05. The van der Waals surface area contributed by atoms with Gasteiger partial charge in [-0.25, -0.2) is 0 Å². The molecule has 6 heteroatoms. The minimum atomic E-state index is -1.47. The van der Waals surface area contributed by atoms with Crippen LogP contribution in [0.15, 0.2) is 18.2 Å². The molecule has 0 spiro atoms. The van der Waals surface area contributed by atoms with E-state index in [9.17, 15) is 10.0 Å². The van der Waals surface area contributed by atoms with Gasteiger partial charge in [-0.15, -0.1) is 0 Å². The summed E-state index contributed by atoms with van der Waals surface area (Å²) in [6.07, 6.45) is 0.154. The predicted molar refractivity (Wildman–Crippen MR) is 82.7 cm³/mol. The van der Waals surface area contributed by atoms with Crippen molar-refractivity contribution in [2.45, 2.75) is 39.0 Å². The molecule has 1 atom stereocenters. The second-order valence-corrected chi connectivity index (χ2v) is 6.30. The summed E-state index contributed by atoms with van der Waals surface area (Å²) in [6.45, 7) is 8.46. The molecule has 0 saturated carbocycles. The molecule has 116 valence electrons. The van der Waals surface area contributed by atoms with Crippen LogP contribution in [0.4, 0.5) is 0 Å². The molecule has 5 nitrogen and oxygen atoms in total. The van der Waals surface area contributed by atoms with Crippen LogP contribution in [0.5, 0.6) is 5.75 Å². The topological polar surface area (TPSA) is 62.2 Å². The maximum absolute atomic E-state index is 9.52. The lowest BCUT2D eigenvalue weighted by molar-refractivity contribution is -0.130. The first-order chi connectivity index (χ1) is 9.80. The van der Waals surface area contributed by atoms with Crippen molar-refractivity contribution in [3.8, 4) is 5.75 Å². The zero-order valence-corrected chi connectivity index (χ0v) is 13.2. The molecule has 1 aliphatic rings. The third-order valence-electron chi connectivity index (χ3n) is 3.66. The van der Waals surface area contributed by atoms with Gasteiger partial charge >= 0.3 is 7.12 Å². The molecule has 0 aromatic heterocycles. The Morgan fingerprint density at radius 2 is 2.14 bits per heavy atom. The van der Waals surface area contributed by atoms with Crippen LogP contribution in [0.1, 0.15) is 26.3 Å². The zero-order valence-electron chi connectivity index (χ0n) is 13.2. The van der Waals surface area contributed by atoms with Gasteiger partial charge in [-0.05, 0) is 43.9 Å². The Bertz CT molecular complexity index is 493. The molecule has 1 aromatic rings. The van der Waals surface area contributed by atoms with Crippen LogP contribution in [0.3, 0.4) is 0 Å². The Hall–Kier alpha value is -1.08. The number of benzene rings is 1. The Morgan fingerprint density at radius 3 is 2.71 bits per heavy atom. The van der Waals surface area contributed by atoms with Crippen molar-refractivity contribution in [3.05, 3.63) is 23.8 Å². The average molecular weight is 293 g/mol. The van der Waals surface area contributed by atoms with E-state index in [4.69, 9.17) is 9.47 Å². The Balaban J connectivity index is 2.21. The number of nitrogens with zero attached hydrogens (tertiary/aromatic N) is 1. The van der Waals surface area contributed by atoms with E-state index in [2.05, 4.69) is 25.7 Å². The van der Waals surface area contributed by atoms with E-state index in [1.54, 1.807) is 19.2 Å². The monoisotopic (exact) mass is 293 g/mol. The van der Waals surface area contributed by atoms with Crippen molar-refractivity contribution in [1.29, 1.82) is 0 Å². The fraction of sp³-hybridized carbons (Fsp3) is 0.600. The fourth-order valence-corrected chi connectivity index (χ4v) is 3.05. The number of hydrogen-bond acceptors (Lipinski definition) is 5. The summed E-state index contributed by atoms with van der Waals surface area (Å²) >= 11 is 0.